The molecule has 0 aliphatic rings. The van der Waals surface area contributed by atoms with Gasteiger partial charge in [0.15, 0.2) is 9.84 Å². The predicted molar refractivity (Wildman–Crippen MR) is 42.3 cm³/mol. The average molecular weight is 163 g/mol. The molecule has 0 saturated carbocycles. The highest BCUT2D eigenvalue weighted by Crippen LogP contribution is 1.92. The SMILES string of the molecule is CCC(=N)CS(=O)(=O)CC. The molecule has 4 heteroatoms. The fourth-order valence-electron chi connectivity index (χ4n) is 0.470. The van der Waals surface area contributed by atoms with E-state index in [-0.39, 0.29) is 11.5 Å². The van der Waals surface area contributed by atoms with Gasteiger partial charge in [0.05, 0.1) is 5.75 Å². The molecule has 60 valence electrons. The van der Waals surface area contributed by atoms with Crippen molar-refractivity contribution in [1.82, 2.24) is 0 Å². The molecule has 0 aliphatic heterocycles. The lowest BCUT2D eigenvalue weighted by Gasteiger charge is -1.98. The quantitative estimate of drug-likeness (QED) is 0.625. The second kappa shape index (κ2) is 3.71. The number of hydrogen-bond acceptors (Lipinski definition) is 3. The Balaban J connectivity index is 4.03. The first-order valence-electron chi connectivity index (χ1n) is 3.28. The molecule has 0 heterocycles. The molecular weight excluding hydrogens is 150 g/mol. The Bertz CT molecular complexity index is 206. The summed E-state index contributed by atoms with van der Waals surface area (Å²) in [4.78, 5) is 0. The third-order valence-electron chi connectivity index (χ3n) is 1.26. The van der Waals surface area contributed by atoms with E-state index in [2.05, 4.69) is 0 Å². The van der Waals surface area contributed by atoms with Crippen molar-refractivity contribution in [2.24, 2.45) is 0 Å². The highest BCUT2D eigenvalue weighted by atomic mass is 32.2. The van der Waals surface area contributed by atoms with Crippen LogP contribution in [0, 0.1) is 5.41 Å². The third-order valence-corrected chi connectivity index (χ3v) is 2.93. The van der Waals surface area contributed by atoms with Gasteiger partial charge in [0, 0.05) is 11.5 Å². The molecule has 0 spiro atoms. The molecule has 0 aromatic carbocycles. The van der Waals surface area contributed by atoms with Crippen molar-refractivity contribution in [3.8, 4) is 0 Å². The maximum absolute atomic E-state index is 10.8. The summed E-state index contributed by atoms with van der Waals surface area (Å²) < 4.78 is 21.7. The minimum Gasteiger partial charge on any atom is -0.309 e. The summed E-state index contributed by atoms with van der Waals surface area (Å²) in [5, 5.41) is 7.12. The van der Waals surface area contributed by atoms with Crippen LogP contribution in [0.4, 0.5) is 0 Å². The Kier molecular flexibility index (Phi) is 3.57. The predicted octanol–water partition coefficient (Wildman–Crippen LogP) is 0.851. The lowest BCUT2D eigenvalue weighted by Crippen LogP contribution is -2.15. The zero-order chi connectivity index (χ0) is 8.20. The van der Waals surface area contributed by atoms with Crippen molar-refractivity contribution < 1.29 is 8.42 Å². The second-order valence-corrected chi connectivity index (χ2v) is 4.49. The van der Waals surface area contributed by atoms with Crippen LogP contribution in [-0.4, -0.2) is 25.6 Å². The van der Waals surface area contributed by atoms with Gasteiger partial charge >= 0.3 is 0 Å². The number of nitrogens with one attached hydrogen (secondary N) is 1. The Morgan fingerprint density at radius 3 is 2.20 bits per heavy atom. The first-order chi connectivity index (χ1) is 4.52. The van der Waals surface area contributed by atoms with Crippen molar-refractivity contribution in [3.63, 3.8) is 0 Å². The fraction of sp³-hybridized carbons (Fsp3) is 0.833. The van der Waals surface area contributed by atoms with Crippen LogP contribution in [-0.2, 0) is 9.84 Å². The summed E-state index contributed by atoms with van der Waals surface area (Å²) in [6, 6.07) is 0. The van der Waals surface area contributed by atoms with Gasteiger partial charge in [-0.15, -0.1) is 0 Å². The first-order valence-corrected chi connectivity index (χ1v) is 5.10. The van der Waals surface area contributed by atoms with E-state index in [9.17, 15) is 8.42 Å². The fourth-order valence-corrected chi connectivity index (χ4v) is 1.41. The topological polar surface area (TPSA) is 58.0 Å². The van der Waals surface area contributed by atoms with Gasteiger partial charge in [-0.05, 0) is 6.42 Å². The summed E-state index contributed by atoms with van der Waals surface area (Å²) in [7, 11) is -2.96. The smallest absolute Gasteiger partial charge is 0.155 e. The van der Waals surface area contributed by atoms with Crippen LogP contribution in [0.25, 0.3) is 0 Å². The largest absolute Gasteiger partial charge is 0.309 e. The van der Waals surface area contributed by atoms with Crippen LogP contribution >= 0.6 is 0 Å². The van der Waals surface area contributed by atoms with Gasteiger partial charge in [0.1, 0.15) is 0 Å². The lowest BCUT2D eigenvalue weighted by atomic mass is 10.3. The van der Waals surface area contributed by atoms with Crippen LogP contribution in [0.5, 0.6) is 0 Å². The summed E-state index contributed by atoms with van der Waals surface area (Å²) in [5.41, 5.74) is 0.293. The maximum Gasteiger partial charge on any atom is 0.155 e. The molecule has 0 rings (SSSR count). The van der Waals surface area contributed by atoms with Crippen LogP contribution in [0.3, 0.4) is 0 Å². The Morgan fingerprint density at radius 2 is 1.90 bits per heavy atom. The maximum atomic E-state index is 10.8. The molecule has 0 atom stereocenters. The van der Waals surface area contributed by atoms with Gasteiger partial charge in [-0.1, -0.05) is 13.8 Å². The number of rotatable bonds is 4. The summed E-state index contributed by atoms with van der Waals surface area (Å²) >= 11 is 0. The molecular formula is C6H13NO2S. The van der Waals surface area contributed by atoms with E-state index in [1.807, 2.05) is 0 Å². The molecule has 0 amide bonds. The molecule has 0 saturated heterocycles. The van der Waals surface area contributed by atoms with Gasteiger partial charge in [0.25, 0.3) is 0 Å². The zero-order valence-electron chi connectivity index (χ0n) is 6.35. The van der Waals surface area contributed by atoms with Gasteiger partial charge in [0.2, 0.25) is 0 Å². The van der Waals surface area contributed by atoms with E-state index in [1.165, 1.54) is 0 Å². The standard InChI is InChI=1S/C6H13NO2S/c1-3-6(7)5-10(8,9)4-2/h7H,3-5H2,1-2H3. The normalized spacial score (nSPS) is 11.4. The van der Waals surface area contributed by atoms with Gasteiger partial charge < -0.3 is 5.41 Å². The van der Waals surface area contributed by atoms with E-state index in [0.29, 0.717) is 12.1 Å². The minimum absolute atomic E-state index is 0.0694. The summed E-state index contributed by atoms with van der Waals surface area (Å²) in [6.45, 7) is 3.38. The van der Waals surface area contributed by atoms with Gasteiger partial charge in [-0.3, -0.25) is 0 Å². The molecule has 3 nitrogen and oxygen atoms in total. The summed E-state index contributed by atoms with van der Waals surface area (Å²) in [6.07, 6.45) is 0.527. The Morgan fingerprint density at radius 1 is 1.40 bits per heavy atom. The van der Waals surface area contributed by atoms with E-state index in [4.69, 9.17) is 5.41 Å². The number of sulfone groups is 1. The molecule has 0 aromatic heterocycles. The second-order valence-electron chi connectivity index (χ2n) is 2.13. The first kappa shape index (κ1) is 9.62. The van der Waals surface area contributed by atoms with Crippen LogP contribution < -0.4 is 0 Å². The van der Waals surface area contributed by atoms with Crippen molar-refractivity contribution in [3.05, 3.63) is 0 Å². The van der Waals surface area contributed by atoms with Crippen LogP contribution in [0.1, 0.15) is 20.3 Å². The highest BCUT2D eigenvalue weighted by molar-refractivity contribution is 7.92. The number of hydrogen-bond donors (Lipinski definition) is 1. The van der Waals surface area contributed by atoms with Crippen molar-refractivity contribution in [2.45, 2.75) is 20.3 Å². The highest BCUT2D eigenvalue weighted by Gasteiger charge is 2.08. The third kappa shape index (κ3) is 3.61. The molecule has 0 bridgehead atoms. The minimum atomic E-state index is -2.96. The van der Waals surface area contributed by atoms with Crippen LogP contribution in [0.2, 0.25) is 0 Å². The average Bonchev–Trinajstić information content (AvgIpc) is 1.87. The molecule has 0 radical (unpaired) electrons. The van der Waals surface area contributed by atoms with Crippen molar-refractivity contribution in [2.75, 3.05) is 11.5 Å². The van der Waals surface area contributed by atoms with Crippen molar-refractivity contribution >= 4 is 15.5 Å². The molecule has 1 N–H and O–H groups in total. The Labute approximate surface area is 61.9 Å². The molecule has 0 fully saturated rings. The van der Waals surface area contributed by atoms with Crippen LogP contribution in [0.15, 0.2) is 0 Å². The molecule has 10 heavy (non-hydrogen) atoms. The van der Waals surface area contributed by atoms with Gasteiger partial charge in [-0.25, -0.2) is 8.42 Å². The zero-order valence-corrected chi connectivity index (χ0v) is 7.16. The van der Waals surface area contributed by atoms with Crippen molar-refractivity contribution in [1.29, 1.82) is 5.41 Å². The van der Waals surface area contributed by atoms with Gasteiger partial charge in [-0.2, -0.15) is 0 Å². The van der Waals surface area contributed by atoms with E-state index >= 15 is 0 Å². The van der Waals surface area contributed by atoms with E-state index in [1.54, 1.807) is 13.8 Å². The monoisotopic (exact) mass is 163 g/mol. The Hall–Kier alpha value is -0.380. The molecule has 0 unspecified atom stereocenters. The lowest BCUT2D eigenvalue weighted by molar-refractivity contribution is 0.601. The van der Waals surface area contributed by atoms with E-state index < -0.39 is 9.84 Å². The summed E-state index contributed by atoms with van der Waals surface area (Å²) in [5.74, 6) is 0.0649. The molecule has 0 aliphatic carbocycles. The van der Waals surface area contributed by atoms with E-state index in [0.717, 1.165) is 0 Å². The molecule has 0 aromatic rings.